The van der Waals surface area contributed by atoms with Crippen molar-refractivity contribution in [1.29, 1.82) is 0 Å². The third-order valence-electron chi connectivity index (χ3n) is 3.76. The average molecular weight is 397 g/mol. The van der Waals surface area contributed by atoms with Gasteiger partial charge >= 0.3 is 5.97 Å². The molecule has 8 heteroatoms. The predicted octanol–water partition coefficient (Wildman–Crippen LogP) is 2.98. The Morgan fingerprint density at radius 1 is 1.03 bits per heavy atom. The normalized spacial score (nSPS) is 10.7. The number of carbonyl (C=O) groups is 3. The average Bonchev–Trinajstić information content (AvgIpc) is 2.69. The van der Waals surface area contributed by atoms with Crippen molar-refractivity contribution in [2.45, 2.75) is 20.8 Å². The number of esters is 1. The molecule has 0 bridgehead atoms. The molecule has 0 unspecified atom stereocenters. The number of benzene rings is 2. The molecule has 0 aromatic heterocycles. The number of carbonyl (C=O) groups excluding carboxylic acids is 3. The lowest BCUT2D eigenvalue weighted by Gasteiger charge is -2.08. The Bertz CT molecular complexity index is 920. The van der Waals surface area contributed by atoms with Crippen LogP contribution in [0.2, 0.25) is 0 Å². The van der Waals surface area contributed by atoms with Gasteiger partial charge in [0.15, 0.2) is 11.5 Å². The van der Waals surface area contributed by atoms with Gasteiger partial charge in [-0.05, 0) is 48.0 Å². The SMILES string of the molecule is COc1cc(C=NNC(=O)c2ccc(NC(=O)C(C)C)cc2)ccc1OC(C)=O. The summed E-state index contributed by atoms with van der Waals surface area (Å²) in [5, 5.41) is 6.68. The van der Waals surface area contributed by atoms with Gasteiger partial charge in [-0.1, -0.05) is 13.8 Å². The van der Waals surface area contributed by atoms with Gasteiger partial charge in [0.2, 0.25) is 5.91 Å². The first-order chi connectivity index (χ1) is 13.8. The second kappa shape index (κ2) is 10.0. The maximum atomic E-state index is 12.2. The van der Waals surface area contributed by atoms with Crippen molar-refractivity contribution in [3.63, 3.8) is 0 Å². The Hall–Kier alpha value is -3.68. The minimum atomic E-state index is -0.452. The van der Waals surface area contributed by atoms with Crippen LogP contribution in [0, 0.1) is 5.92 Å². The van der Waals surface area contributed by atoms with Gasteiger partial charge in [-0.25, -0.2) is 5.43 Å². The number of rotatable bonds is 7. The summed E-state index contributed by atoms with van der Waals surface area (Å²) in [7, 11) is 1.46. The third kappa shape index (κ3) is 6.46. The van der Waals surface area contributed by atoms with E-state index < -0.39 is 11.9 Å². The van der Waals surface area contributed by atoms with E-state index >= 15 is 0 Å². The molecule has 0 radical (unpaired) electrons. The van der Waals surface area contributed by atoms with E-state index in [-0.39, 0.29) is 11.8 Å². The molecule has 152 valence electrons. The number of nitrogens with zero attached hydrogens (tertiary/aromatic N) is 1. The van der Waals surface area contributed by atoms with Crippen molar-refractivity contribution in [2.75, 3.05) is 12.4 Å². The van der Waals surface area contributed by atoms with Crippen LogP contribution in [0.3, 0.4) is 0 Å². The molecule has 0 atom stereocenters. The highest BCUT2D eigenvalue weighted by Crippen LogP contribution is 2.27. The maximum Gasteiger partial charge on any atom is 0.308 e. The molecule has 29 heavy (non-hydrogen) atoms. The molecule has 0 fully saturated rings. The van der Waals surface area contributed by atoms with E-state index in [1.54, 1.807) is 56.3 Å². The van der Waals surface area contributed by atoms with Crippen LogP contribution >= 0.6 is 0 Å². The van der Waals surface area contributed by atoms with Crippen molar-refractivity contribution >= 4 is 29.7 Å². The minimum absolute atomic E-state index is 0.0954. The lowest BCUT2D eigenvalue weighted by molar-refractivity contribution is -0.132. The molecule has 0 heterocycles. The second-order valence-electron chi connectivity index (χ2n) is 6.42. The quantitative estimate of drug-likeness (QED) is 0.323. The standard InChI is InChI=1S/C21H23N3O5/c1-13(2)20(26)23-17-8-6-16(7-9-17)21(27)24-22-12-15-5-10-18(29-14(3)25)19(11-15)28-4/h5-13H,1-4H3,(H,23,26)(H,24,27). The Morgan fingerprint density at radius 2 is 1.72 bits per heavy atom. The highest BCUT2D eigenvalue weighted by Gasteiger charge is 2.09. The summed E-state index contributed by atoms with van der Waals surface area (Å²) in [6, 6.07) is 11.4. The van der Waals surface area contributed by atoms with Gasteiger partial charge in [0.1, 0.15) is 0 Å². The number of amides is 2. The van der Waals surface area contributed by atoms with Gasteiger partial charge in [0.05, 0.1) is 13.3 Å². The number of nitrogens with one attached hydrogen (secondary N) is 2. The Balaban J connectivity index is 1.98. The van der Waals surface area contributed by atoms with Crippen LogP contribution in [-0.4, -0.2) is 31.1 Å². The van der Waals surface area contributed by atoms with E-state index in [0.717, 1.165) is 0 Å². The Labute approximate surface area is 168 Å². The number of hydrogen-bond acceptors (Lipinski definition) is 6. The Morgan fingerprint density at radius 3 is 2.31 bits per heavy atom. The molecule has 2 aromatic rings. The lowest BCUT2D eigenvalue weighted by atomic mass is 10.1. The maximum absolute atomic E-state index is 12.2. The molecule has 2 N–H and O–H groups in total. The summed E-state index contributed by atoms with van der Waals surface area (Å²) in [5.41, 5.74) is 4.08. The summed E-state index contributed by atoms with van der Waals surface area (Å²) in [4.78, 5) is 34.9. The topological polar surface area (TPSA) is 106 Å². The minimum Gasteiger partial charge on any atom is -0.493 e. The molecule has 0 spiro atoms. The molecular formula is C21H23N3O5. The monoisotopic (exact) mass is 397 g/mol. The van der Waals surface area contributed by atoms with E-state index in [0.29, 0.717) is 28.3 Å². The third-order valence-corrected chi connectivity index (χ3v) is 3.76. The van der Waals surface area contributed by atoms with Gasteiger partial charge < -0.3 is 14.8 Å². The van der Waals surface area contributed by atoms with E-state index in [9.17, 15) is 14.4 Å². The van der Waals surface area contributed by atoms with Crippen molar-refractivity contribution < 1.29 is 23.9 Å². The van der Waals surface area contributed by atoms with Crippen LogP contribution in [0.25, 0.3) is 0 Å². The number of anilines is 1. The van der Waals surface area contributed by atoms with E-state index in [1.165, 1.54) is 20.2 Å². The van der Waals surface area contributed by atoms with Crippen LogP contribution in [0.1, 0.15) is 36.7 Å². The molecule has 2 rings (SSSR count). The van der Waals surface area contributed by atoms with Crippen molar-refractivity contribution in [1.82, 2.24) is 5.43 Å². The first-order valence-electron chi connectivity index (χ1n) is 8.91. The molecule has 0 aliphatic rings. The van der Waals surface area contributed by atoms with E-state index in [1.807, 2.05) is 0 Å². The van der Waals surface area contributed by atoms with Crippen molar-refractivity contribution in [3.8, 4) is 11.5 Å². The first-order valence-corrected chi connectivity index (χ1v) is 8.91. The number of methoxy groups -OCH3 is 1. The summed E-state index contributed by atoms with van der Waals surface area (Å²) < 4.78 is 10.2. The Kier molecular flexibility index (Phi) is 7.47. The van der Waals surface area contributed by atoms with Crippen LogP contribution in [0.5, 0.6) is 11.5 Å². The highest BCUT2D eigenvalue weighted by molar-refractivity contribution is 5.96. The summed E-state index contributed by atoms with van der Waals surface area (Å²) >= 11 is 0. The van der Waals surface area contributed by atoms with Crippen LogP contribution < -0.4 is 20.2 Å². The fourth-order valence-electron chi connectivity index (χ4n) is 2.23. The van der Waals surface area contributed by atoms with E-state index in [2.05, 4.69) is 15.8 Å². The molecule has 0 saturated carbocycles. The van der Waals surface area contributed by atoms with Gasteiger partial charge in [0, 0.05) is 24.1 Å². The van der Waals surface area contributed by atoms with Gasteiger partial charge in [-0.15, -0.1) is 0 Å². The van der Waals surface area contributed by atoms with Crippen molar-refractivity contribution in [2.24, 2.45) is 11.0 Å². The largest absolute Gasteiger partial charge is 0.493 e. The zero-order chi connectivity index (χ0) is 21.4. The van der Waals surface area contributed by atoms with Gasteiger partial charge in [-0.2, -0.15) is 5.10 Å². The summed E-state index contributed by atoms with van der Waals surface area (Å²) in [5.74, 6) is -0.408. The molecular weight excluding hydrogens is 374 g/mol. The summed E-state index contributed by atoms with van der Waals surface area (Å²) in [6.45, 7) is 4.90. The van der Waals surface area contributed by atoms with Crippen LogP contribution in [0.15, 0.2) is 47.6 Å². The zero-order valence-corrected chi connectivity index (χ0v) is 16.7. The number of ether oxygens (including phenoxy) is 2. The fraction of sp³-hybridized carbons (Fsp3) is 0.238. The lowest BCUT2D eigenvalue weighted by Crippen LogP contribution is -2.19. The molecule has 2 aromatic carbocycles. The van der Waals surface area contributed by atoms with Crippen LogP contribution in [0.4, 0.5) is 5.69 Å². The smallest absolute Gasteiger partial charge is 0.308 e. The second-order valence-corrected chi connectivity index (χ2v) is 6.42. The van der Waals surface area contributed by atoms with Crippen molar-refractivity contribution in [3.05, 3.63) is 53.6 Å². The first kappa shape index (κ1) is 21.6. The fourth-order valence-corrected chi connectivity index (χ4v) is 2.23. The number of hydrazone groups is 1. The molecule has 0 saturated heterocycles. The summed E-state index contributed by atoms with van der Waals surface area (Å²) in [6.07, 6.45) is 1.44. The zero-order valence-electron chi connectivity index (χ0n) is 16.7. The van der Waals surface area contributed by atoms with Gasteiger partial charge in [0.25, 0.3) is 5.91 Å². The van der Waals surface area contributed by atoms with Crippen LogP contribution in [-0.2, 0) is 9.59 Å². The molecule has 0 aliphatic heterocycles. The van der Waals surface area contributed by atoms with E-state index in [4.69, 9.17) is 9.47 Å². The van der Waals surface area contributed by atoms with Gasteiger partial charge in [-0.3, -0.25) is 14.4 Å². The number of hydrogen-bond donors (Lipinski definition) is 2. The molecule has 8 nitrogen and oxygen atoms in total. The predicted molar refractivity (Wildman–Crippen MR) is 109 cm³/mol. The molecule has 2 amide bonds. The highest BCUT2D eigenvalue weighted by atomic mass is 16.6. The molecule has 0 aliphatic carbocycles.